The molecule has 0 atom stereocenters. The Hall–Kier alpha value is -1.35. The number of carbonyl (C=O) groups excluding carboxylic acids is 1. The highest BCUT2D eigenvalue weighted by Gasteiger charge is 2.18. The highest BCUT2D eigenvalue weighted by molar-refractivity contribution is 5.97. The molecule has 0 aliphatic carbocycles. The Labute approximate surface area is 110 Å². The molecule has 0 aliphatic rings. The molecule has 1 rings (SSSR count). The van der Waals surface area contributed by atoms with Gasteiger partial charge in [-0.15, -0.1) is 0 Å². The first-order valence-electron chi connectivity index (χ1n) is 6.37. The fourth-order valence-electron chi connectivity index (χ4n) is 2.03. The number of nitrogens with two attached hydrogens (primary N) is 1. The fourth-order valence-corrected chi connectivity index (χ4v) is 2.03. The van der Waals surface area contributed by atoms with Crippen molar-refractivity contribution in [3.05, 3.63) is 34.4 Å². The molecule has 0 heterocycles. The second-order valence-electron chi connectivity index (χ2n) is 5.78. The summed E-state index contributed by atoms with van der Waals surface area (Å²) in [6.07, 6.45) is 0. The summed E-state index contributed by atoms with van der Waals surface area (Å²) >= 11 is 0. The Morgan fingerprint density at radius 2 is 1.72 bits per heavy atom. The molecule has 0 spiro atoms. The fraction of sp³-hybridized carbons (Fsp3) is 0.533. The summed E-state index contributed by atoms with van der Waals surface area (Å²) in [5, 5.41) is 2.82. The van der Waals surface area contributed by atoms with Gasteiger partial charge in [-0.1, -0.05) is 32.9 Å². The Morgan fingerprint density at radius 3 is 2.11 bits per heavy atom. The molecule has 0 aliphatic heterocycles. The van der Waals surface area contributed by atoms with Gasteiger partial charge in [-0.05, 0) is 36.0 Å². The summed E-state index contributed by atoms with van der Waals surface area (Å²) in [6, 6.07) is 4.20. The average Bonchev–Trinajstić information content (AvgIpc) is 2.24. The summed E-state index contributed by atoms with van der Waals surface area (Å²) in [6.45, 7) is 11.5. The van der Waals surface area contributed by atoms with Gasteiger partial charge >= 0.3 is 0 Å². The molecule has 3 nitrogen and oxygen atoms in total. The molecular formula is C15H24N2O. The molecule has 3 N–H and O–H groups in total. The van der Waals surface area contributed by atoms with Crippen LogP contribution in [0.1, 0.15) is 47.8 Å². The van der Waals surface area contributed by atoms with Crippen LogP contribution in [0.25, 0.3) is 0 Å². The number of hydrogen-bond donors (Lipinski definition) is 2. The van der Waals surface area contributed by atoms with Gasteiger partial charge in [0.25, 0.3) is 5.91 Å². The molecule has 0 bridgehead atoms. The van der Waals surface area contributed by atoms with Crippen LogP contribution in [0.5, 0.6) is 0 Å². The van der Waals surface area contributed by atoms with Crippen LogP contribution >= 0.6 is 0 Å². The predicted molar refractivity (Wildman–Crippen MR) is 76.0 cm³/mol. The van der Waals surface area contributed by atoms with Crippen LogP contribution in [0.3, 0.4) is 0 Å². The molecule has 3 heteroatoms. The Balaban J connectivity index is 3.13. The molecule has 0 saturated carbocycles. The van der Waals surface area contributed by atoms with E-state index in [0.717, 1.165) is 16.7 Å². The highest BCUT2D eigenvalue weighted by Crippen LogP contribution is 2.26. The van der Waals surface area contributed by atoms with Crippen LogP contribution < -0.4 is 11.1 Å². The molecule has 0 fully saturated rings. The lowest BCUT2D eigenvalue weighted by molar-refractivity contribution is 0.0953. The number of amides is 1. The quantitative estimate of drug-likeness (QED) is 0.862. The topological polar surface area (TPSA) is 55.1 Å². The van der Waals surface area contributed by atoms with Crippen molar-refractivity contribution < 1.29 is 4.79 Å². The van der Waals surface area contributed by atoms with Gasteiger partial charge in [0.2, 0.25) is 0 Å². The normalized spacial score (nSPS) is 11.4. The number of nitrogens with one attached hydrogen (secondary N) is 1. The van der Waals surface area contributed by atoms with Crippen LogP contribution in [0.2, 0.25) is 0 Å². The van der Waals surface area contributed by atoms with E-state index >= 15 is 0 Å². The van der Waals surface area contributed by atoms with E-state index in [1.54, 1.807) is 0 Å². The van der Waals surface area contributed by atoms with Crippen molar-refractivity contribution >= 4 is 5.91 Å². The minimum atomic E-state index is -0.0316. The van der Waals surface area contributed by atoms with Crippen LogP contribution in [0, 0.1) is 13.8 Å². The Morgan fingerprint density at radius 1 is 1.22 bits per heavy atom. The lowest BCUT2D eigenvalue weighted by atomic mass is 9.83. The average molecular weight is 248 g/mol. The smallest absolute Gasteiger partial charge is 0.251 e. The minimum absolute atomic E-state index is 0.0316. The lowest BCUT2D eigenvalue weighted by Gasteiger charge is -2.22. The zero-order valence-corrected chi connectivity index (χ0v) is 12.1. The zero-order valence-electron chi connectivity index (χ0n) is 12.1. The Bertz CT molecular complexity index is 421. The molecule has 1 amide bonds. The van der Waals surface area contributed by atoms with E-state index in [2.05, 4.69) is 38.2 Å². The van der Waals surface area contributed by atoms with Crippen molar-refractivity contribution in [2.24, 2.45) is 5.73 Å². The third-order valence-corrected chi connectivity index (χ3v) is 3.06. The maximum Gasteiger partial charge on any atom is 0.251 e. The van der Waals surface area contributed by atoms with Gasteiger partial charge in [-0.2, -0.15) is 0 Å². The van der Waals surface area contributed by atoms with Crippen LogP contribution in [-0.4, -0.2) is 19.0 Å². The molecule has 100 valence electrons. The SMILES string of the molecule is Cc1cc(C(C)(C)C)cc(C)c1C(=O)NCCN. The van der Waals surface area contributed by atoms with Crippen molar-refractivity contribution in [2.45, 2.75) is 40.0 Å². The molecule has 0 aromatic heterocycles. The van der Waals surface area contributed by atoms with E-state index in [0.29, 0.717) is 13.1 Å². The van der Waals surface area contributed by atoms with Gasteiger partial charge in [-0.25, -0.2) is 0 Å². The zero-order chi connectivity index (χ0) is 13.9. The maximum atomic E-state index is 12.0. The van der Waals surface area contributed by atoms with Gasteiger partial charge in [0.05, 0.1) is 0 Å². The third-order valence-electron chi connectivity index (χ3n) is 3.06. The van der Waals surface area contributed by atoms with E-state index < -0.39 is 0 Å². The van der Waals surface area contributed by atoms with Crippen molar-refractivity contribution in [1.29, 1.82) is 0 Å². The van der Waals surface area contributed by atoms with E-state index in [1.807, 2.05) is 13.8 Å². The standard InChI is InChI=1S/C15H24N2O/c1-10-8-12(15(3,4)5)9-11(2)13(10)14(18)17-7-6-16/h8-9H,6-7,16H2,1-5H3,(H,17,18). The minimum Gasteiger partial charge on any atom is -0.351 e. The molecule has 18 heavy (non-hydrogen) atoms. The van der Waals surface area contributed by atoms with Gasteiger partial charge < -0.3 is 11.1 Å². The summed E-state index contributed by atoms with van der Waals surface area (Å²) in [5.41, 5.74) is 9.57. The van der Waals surface area contributed by atoms with Gasteiger partial charge in [0.1, 0.15) is 0 Å². The first kappa shape index (κ1) is 14.7. The van der Waals surface area contributed by atoms with Crippen molar-refractivity contribution in [2.75, 3.05) is 13.1 Å². The third kappa shape index (κ3) is 3.33. The van der Waals surface area contributed by atoms with Gasteiger partial charge in [-0.3, -0.25) is 4.79 Å². The Kier molecular flexibility index (Phi) is 4.52. The monoisotopic (exact) mass is 248 g/mol. The van der Waals surface area contributed by atoms with Gasteiger partial charge in [0.15, 0.2) is 0 Å². The van der Waals surface area contributed by atoms with E-state index in [9.17, 15) is 4.79 Å². The number of hydrogen-bond acceptors (Lipinski definition) is 2. The largest absolute Gasteiger partial charge is 0.351 e. The molecule has 0 saturated heterocycles. The summed E-state index contributed by atoms with van der Waals surface area (Å²) in [5.74, 6) is -0.0316. The van der Waals surface area contributed by atoms with Gasteiger partial charge in [0, 0.05) is 18.7 Å². The van der Waals surface area contributed by atoms with Crippen molar-refractivity contribution in [3.8, 4) is 0 Å². The maximum absolute atomic E-state index is 12.0. The molecule has 0 radical (unpaired) electrons. The first-order valence-corrected chi connectivity index (χ1v) is 6.37. The second kappa shape index (κ2) is 5.53. The van der Waals surface area contributed by atoms with Crippen LogP contribution in [0.15, 0.2) is 12.1 Å². The van der Waals surface area contributed by atoms with E-state index in [-0.39, 0.29) is 11.3 Å². The van der Waals surface area contributed by atoms with E-state index in [1.165, 1.54) is 5.56 Å². The summed E-state index contributed by atoms with van der Waals surface area (Å²) < 4.78 is 0. The number of benzene rings is 1. The number of aryl methyl sites for hydroxylation is 2. The predicted octanol–water partition coefficient (Wildman–Crippen LogP) is 2.29. The van der Waals surface area contributed by atoms with Crippen LogP contribution in [0.4, 0.5) is 0 Å². The molecule has 1 aromatic rings. The van der Waals surface area contributed by atoms with Crippen molar-refractivity contribution in [3.63, 3.8) is 0 Å². The summed E-state index contributed by atoms with van der Waals surface area (Å²) in [4.78, 5) is 12.0. The van der Waals surface area contributed by atoms with E-state index in [4.69, 9.17) is 5.73 Å². The molecule has 0 unspecified atom stereocenters. The molecule has 1 aromatic carbocycles. The highest BCUT2D eigenvalue weighted by atomic mass is 16.1. The summed E-state index contributed by atoms with van der Waals surface area (Å²) in [7, 11) is 0. The lowest BCUT2D eigenvalue weighted by Crippen LogP contribution is -2.30. The van der Waals surface area contributed by atoms with Crippen molar-refractivity contribution in [1.82, 2.24) is 5.32 Å². The first-order chi connectivity index (χ1) is 8.27. The van der Waals surface area contributed by atoms with Crippen LogP contribution in [-0.2, 0) is 5.41 Å². The molecular weight excluding hydrogens is 224 g/mol. The number of rotatable bonds is 3. The number of carbonyl (C=O) groups is 1. The second-order valence-corrected chi connectivity index (χ2v) is 5.78.